The number of rotatable bonds is 7. The average Bonchev–Trinajstić information content (AvgIpc) is 3.17. The van der Waals surface area contributed by atoms with E-state index in [1.54, 1.807) is 18.2 Å². The highest BCUT2D eigenvalue weighted by atomic mass is 35.5. The minimum atomic E-state index is -0.888. The van der Waals surface area contributed by atoms with Gasteiger partial charge in [-0.3, -0.25) is 9.59 Å². The Bertz CT molecular complexity index is 1070. The van der Waals surface area contributed by atoms with Crippen LogP contribution in [0.3, 0.4) is 0 Å². The van der Waals surface area contributed by atoms with Gasteiger partial charge in [0.05, 0.1) is 17.0 Å². The highest BCUT2D eigenvalue weighted by molar-refractivity contribution is 6.31. The number of aliphatic carboxylic acids is 1. The number of nitrogens with one attached hydrogen (secondary N) is 2. The van der Waals surface area contributed by atoms with E-state index in [1.807, 2.05) is 24.3 Å². The maximum Gasteiger partial charge on any atom is 0.307 e. The highest BCUT2D eigenvalue weighted by Crippen LogP contribution is 2.30. The van der Waals surface area contributed by atoms with Crippen LogP contribution in [0.2, 0.25) is 5.02 Å². The third-order valence-corrected chi connectivity index (χ3v) is 6.24. The Hall–Kier alpha value is -2.86. The minimum Gasteiger partial charge on any atom is -0.481 e. The van der Waals surface area contributed by atoms with Crippen LogP contribution in [-0.4, -0.2) is 27.0 Å². The summed E-state index contributed by atoms with van der Waals surface area (Å²) < 4.78 is 0. The zero-order valence-electron chi connectivity index (χ0n) is 17.2. The fourth-order valence-corrected chi connectivity index (χ4v) is 4.53. The maximum atomic E-state index is 12.5. The normalized spacial score (nSPS) is 15.6. The summed E-state index contributed by atoms with van der Waals surface area (Å²) in [6.07, 6.45) is 6.27. The van der Waals surface area contributed by atoms with E-state index >= 15 is 0 Å². The lowest BCUT2D eigenvalue weighted by Crippen LogP contribution is -2.25. The Balaban J connectivity index is 1.38. The van der Waals surface area contributed by atoms with Gasteiger partial charge < -0.3 is 15.4 Å². The van der Waals surface area contributed by atoms with Gasteiger partial charge >= 0.3 is 5.97 Å². The van der Waals surface area contributed by atoms with Gasteiger partial charge in [0.25, 0.3) is 0 Å². The molecule has 0 radical (unpaired) electrons. The number of carboxylic acid groups (broad SMARTS) is 1. The Labute approximate surface area is 186 Å². The van der Waals surface area contributed by atoms with Crippen molar-refractivity contribution < 1.29 is 14.7 Å². The number of H-pyrrole nitrogens is 1. The molecule has 1 amide bonds. The number of imidazole rings is 1. The summed E-state index contributed by atoms with van der Waals surface area (Å²) in [4.78, 5) is 31.9. The molecule has 0 saturated heterocycles. The van der Waals surface area contributed by atoms with E-state index in [2.05, 4.69) is 15.3 Å². The van der Waals surface area contributed by atoms with Crippen molar-refractivity contribution in [1.82, 2.24) is 9.97 Å². The van der Waals surface area contributed by atoms with Crippen LogP contribution in [0.1, 0.15) is 44.9 Å². The van der Waals surface area contributed by atoms with E-state index < -0.39 is 11.9 Å². The van der Waals surface area contributed by atoms with Crippen LogP contribution in [0.25, 0.3) is 22.4 Å². The monoisotopic (exact) mass is 439 g/mol. The summed E-state index contributed by atoms with van der Waals surface area (Å²) in [6.45, 7) is 0. The third-order valence-electron chi connectivity index (χ3n) is 6.01. The Morgan fingerprint density at radius 2 is 1.87 bits per heavy atom. The number of fused-ring (bicyclic) bond motifs is 1. The highest BCUT2D eigenvalue weighted by Gasteiger charge is 2.26. The number of carboxylic acids is 1. The van der Waals surface area contributed by atoms with E-state index in [1.165, 1.54) is 6.42 Å². The molecule has 31 heavy (non-hydrogen) atoms. The minimum absolute atomic E-state index is 0.00207. The third kappa shape index (κ3) is 5.44. The standard InChI is InChI=1S/C24H26ClN3O3/c25-18-8-11-20-21(14-18)28-23(27-20)16-6-9-19(10-7-16)26-22(29)13-17(24(30)31)12-15-4-2-1-3-5-15/h6-11,14-15,17H,1-5,12-13H2,(H,26,29)(H,27,28)(H,30,31)/t17-/m1/s1. The average molecular weight is 440 g/mol. The van der Waals surface area contributed by atoms with Gasteiger partial charge in [0.15, 0.2) is 0 Å². The van der Waals surface area contributed by atoms with Crippen molar-refractivity contribution in [2.24, 2.45) is 11.8 Å². The van der Waals surface area contributed by atoms with Crippen LogP contribution >= 0.6 is 11.6 Å². The number of carbonyl (C=O) groups is 2. The van der Waals surface area contributed by atoms with Crippen LogP contribution in [-0.2, 0) is 9.59 Å². The molecule has 0 unspecified atom stereocenters. The lowest BCUT2D eigenvalue weighted by atomic mass is 9.82. The molecule has 1 saturated carbocycles. The smallest absolute Gasteiger partial charge is 0.307 e. The largest absolute Gasteiger partial charge is 0.481 e. The van der Waals surface area contributed by atoms with E-state index in [4.69, 9.17) is 11.6 Å². The molecule has 1 heterocycles. The van der Waals surface area contributed by atoms with Crippen molar-refractivity contribution in [3.63, 3.8) is 0 Å². The summed E-state index contributed by atoms with van der Waals surface area (Å²) in [7, 11) is 0. The van der Waals surface area contributed by atoms with E-state index in [9.17, 15) is 14.7 Å². The molecule has 0 aliphatic heterocycles. The summed E-state index contributed by atoms with van der Waals surface area (Å²) in [5, 5.41) is 13.0. The maximum absolute atomic E-state index is 12.5. The van der Waals surface area contributed by atoms with Gasteiger partial charge in [-0.25, -0.2) is 4.98 Å². The first-order valence-corrected chi connectivity index (χ1v) is 11.1. The number of benzene rings is 2. The predicted molar refractivity (Wildman–Crippen MR) is 122 cm³/mol. The molecule has 1 fully saturated rings. The molecule has 0 bridgehead atoms. The number of hydrogen-bond donors (Lipinski definition) is 3. The second-order valence-electron chi connectivity index (χ2n) is 8.35. The molecule has 3 aromatic rings. The number of anilines is 1. The molecule has 1 aliphatic carbocycles. The Morgan fingerprint density at radius 1 is 1.13 bits per heavy atom. The van der Waals surface area contributed by atoms with Gasteiger partial charge in [0, 0.05) is 22.7 Å². The van der Waals surface area contributed by atoms with Crippen LogP contribution in [0.15, 0.2) is 42.5 Å². The van der Waals surface area contributed by atoms with E-state index in [0.717, 1.165) is 42.3 Å². The van der Waals surface area contributed by atoms with Crippen molar-refractivity contribution in [1.29, 1.82) is 0 Å². The van der Waals surface area contributed by atoms with Crippen molar-refractivity contribution in [2.45, 2.75) is 44.9 Å². The van der Waals surface area contributed by atoms with Crippen molar-refractivity contribution in [3.05, 3.63) is 47.5 Å². The quantitative estimate of drug-likeness (QED) is 0.428. The van der Waals surface area contributed by atoms with Gasteiger partial charge in [-0.1, -0.05) is 43.7 Å². The predicted octanol–water partition coefficient (Wildman–Crippen LogP) is 5.88. The molecule has 1 atom stereocenters. The number of carbonyl (C=O) groups excluding carboxylic acids is 1. The van der Waals surface area contributed by atoms with E-state index in [0.29, 0.717) is 28.9 Å². The summed E-state index contributed by atoms with van der Waals surface area (Å²) in [5.41, 5.74) is 3.20. The molecule has 1 aliphatic rings. The van der Waals surface area contributed by atoms with Crippen LogP contribution < -0.4 is 5.32 Å². The summed E-state index contributed by atoms with van der Waals surface area (Å²) in [5.74, 6) is -0.658. The number of halogens is 1. The van der Waals surface area contributed by atoms with Crippen LogP contribution in [0, 0.1) is 11.8 Å². The van der Waals surface area contributed by atoms with Crippen LogP contribution in [0.4, 0.5) is 5.69 Å². The van der Waals surface area contributed by atoms with Crippen LogP contribution in [0.5, 0.6) is 0 Å². The molecule has 1 aromatic heterocycles. The zero-order valence-corrected chi connectivity index (χ0v) is 18.0. The first-order valence-electron chi connectivity index (χ1n) is 10.8. The van der Waals surface area contributed by atoms with Gasteiger partial charge in [0.1, 0.15) is 5.82 Å². The van der Waals surface area contributed by atoms with Gasteiger partial charge in [0.2, 0.25) is 5.91 Å². The molecule has 0 spiro atoms. The second-order valence-corrected chi connectivity index (χ2v) is 8.79. The second kappa shape index (κ2) is 9.52. The number of amides is 1. The fourth-order valence-electron chi connectivity index (χ4n) is 4.36. The Kier molecular flexibility index (Phi) is 6.56. The summed E-state index contributed by atoms with van der Waals surface area (Å²) in [6, 6.07) is 12.8. The van der Waals surface area contributed by atoms with Gasteiger partial charge in [-0.05, 0) is 54.8 Å². The molecular formula is C24H26ClN3O3. The molecule has 7 heteroatoms. The first-order chi connectivity index (χ1) is 15.0. The number of aromatic nitrogens is 2. The first kappa shape index (κ1) is 21.4. The van der Waals surface area contributed by atoms with Crippen molar-refractivity contribution in [2.75, 3.05) is 5.32 Å². The molecule has 4 rings (SSSR count). The number of hydrogen-bond acceptors (Lipinski definition) is 3. The topological polar surface area (TPSA) is 95.1 Å². The molecule has 6 nitrogen and oxygen atoms in total. The lowest BCUT2D eigenvalue weighted by Gasteiger charge is -2.24. The van der Waals surface area contributed by atoms with Crippen molar-refractivity contribution >= 4 is 40.2 Å². The van der Waals surface area contributed by atoms with E-state index in [-0.39, 0.29) is 12.3 Å². The lowest BCUT2D eigenvalue weighted by molar-refractivity contribution is -0.144. The SMILES string of the molecule is O=C(C[C@@H](CC1CCCCC1)C(=O)O)Nc1ccc(-c2nc3ccc(Cl)cc3[nH]2)cc1. The molecular weight excluding hydrogens is 414 g/mol. The molecule has 2 aromatic carbocycles. The number of aromatic amines is 1. The fraction of sp³-hybridized carbons (Fsp3) is 0.375. The van der Waals surface area contributed by atoms with Gasteiger partial charge in [-0.2, -0.15) is 0 Å². The zero-order chi connectivity index (χ0) is 21.8. The van der Waals surface area contributed by atoms with Gasteiger partial charge in [-0.15, -0.1) is 0 Å². The summed E-state index contributed by atoms with van der Waals surface area (Å²) >= 11 is 6.03. The van der Waals surface area contributed by atoms with Crippen molar-refractivity contribution in [3.8, 4) is 11.4 Å². The molecule has 162 valence electrons. The Morgan fingerprint density at radius 3 is 2.58 bits per heavy atom. The number of nitrogens with zero attached hydrogens (tertiary/aromatic N) is 1. The molecule has 3 N–H and O–H groups in total.